The van der Waals surface area contributed by atoms with E-state index in [9.17, 15) is 0 Å². The third kappa shape index (κ3) is 8.80. The van der Waals surface area contributed by atoms with E-state index < -0.39 is 8.07 Å². The van der Waals surface area contributed by atoms with Crippen molar-refractivity contribution in [2.24, 2.45) is 0 Å². The zero-order valence-electron chi connectivity index (χ0n) is 6.25. The SMILES string of the molecule is C[Si](C)(C)CCC(Cl)Cl. The summed E-state index contributed by atoms with van der Waals surface area (Å²) in [6.07, 6.45) is 0.957. The van der Waals surface area contributed by atoms with E-state index in [1.165, 1.54) is 6.04 Å². The third-order valence-corrected chi connectivity index (χ3v) is 3.34. The number of alkyl halides is 2. The minimum absolute atomic E-state index is 0.156. The molecule has 3 heteroatoms. The maximum absolute atomic E-state index is 5.57. The maximum Gasteiger partial charge on any atom is 0.107 e. The molecule has 0 aromatic carbocycles. The molecule has 0 aromatic heterocycles. The Balaban J connectivity index is 3.28. The van der Waals surface area contributed by atoms with Crippen molar-refractivity contribution >= 4 is 31.3 Å². The smallest absolute Gasteiger partial charge is 0.105 e. The van der Waals surface area contributed by atoms with Gasteiger partial charge in [-0.1, -0.05) is 25.7 Å². The zero-order chi connectivity index (χ0) is 7.49. The lowest BCUT2D eigenvalue weighted by Crippen LogP contribution is -2.19. The molecule has 56 valence electrons. The Bertz CT molecular complexity index is 75.6. The lowest BCUT2D eigenvalue weighted by atomic mass is 10.6. The van der Waals surface area contributed by atoms with Crippen LogP contribution in [0, 0.1) is 0 Å². The van der Waals surface area contributed by atoms with E-state index in [-0.39, 0.29) is 4.84 Å². The van der Waals surface area contributed by atoms with Crippen LogP contribution in [0.2, 0.25) is 25.7 Å². The van der Waals surface area contributed by atoms with Crippen molar-refractivity contribution in [1.29, 1.82) is 0 Å². The molecular formula is C6H14Cl2Si. The van der Waals surface area contributed by atoms with Crippen LogP contribution >= 0.6 is 23.2 Å². The molecule has 0 saturated heterocycles. The fraction of sp³-hybridized carbons (Fsp3) is 1.00. The largest absolute Gasteiger partial charge is 0.107 e. The molecule has 0 bridgehead atoms. The summed E-state index contributed by atoms with van der Waals surface area (Å²) in [6, 6.07) is 1.23. The average Bonchev–Trinajstić information content (AvgIpc) is 1.59. The average molecular weight is 185 g/mol. The first-order valence-corrected chi connectivity index (χ1v) is 7.78. The van der Waals surface area contributed by atoms with E-state index in [1.54, 1.807) is 0 Å². The Labute approximate surface area is 68.6 Å². The molecule has 0 fully saturated rings. The summed E-state index contributed by atoms with van der Waals surface area (Å²) in [5.74, 6) is 0. The second-order valence-electron chi connectivity index (χ2n) is 3.49. The van der Waals surface area contributed by atoms with Crippen LogP contribution < -0.4 is 0 Å². The zero-order valence-corrected chi connectivity index (χ0v) is 8.76. The van der Waals surface area contributed by atoms with Crippen LogP contribution in [0.4, 0.5) is 0 Å². The summed E-state index contributed by atoms with van der Waals surface area (Å²) >= 11 is 11.1. The number of hydrogen-bond donors (Lipinski definition) is 0. The minimum Gasteiger partial charge on any atom is -0.105 e. The Morgan fingerprint density at radius 1 is 1.22 bits per heavy atom. The number of rotatable bonds is 3. The summed E-state index contributed by atoms with van der Waals surface area (Å²) in [4.78, 5) is -0.156. The summed E-state index contributed by atoms with van der Waals surface area (Å²) in [5.41, 5.74) is 0. The summed E-state index contributed by atoms with van der Waals surface area (Å²) < 4.78 is 0. The highest BCUT2D eigenvalue weighted by atomic mass is 35.5. The predicted molar refractivity (Wildman–Crippen MR) is 48.3 cm³/mol. The van der Waals surface area contributed by atoms with Gasteiger partial charge in [0.25, 0.3) is 0 Å². The highest BCUT2D eigenvalue weighted by Gasteiger charge is 2.13. The molecule has 0 heterocycles. The van der Waals surface area contributed by atoms with E-state index in [4.69, 9.17) is 23.2 Å². The minimum atomic E-state index is -0.889. The van der Waals surface area contributed by atoms with Crippen LogP contribution in [-0.2, 0) is 0 Å². The van der Waals surface area contributed by atoms with Crippen molar-refractivity contribution in [2.75, 3.05) is 0 Å². The lowest BCUT2D eigenvalue weighted by Gasteiger charge is -2.14. The van der Waals surface area contributed by atoms with E-state index in [2.05, 4.69) is 19.6 Å². The highest BCUT2D eigenvalue weighted by molar-refractivity contribution is 6.76. The molecule has 0 aliphatic rings. The van der Waals surface area contributed by atoms with E-state index in [0.717, 1.165) is 6.42 Å². The first-order chi connectivity index (χ1) is 3.92. The van der Waals surface area contributed by atoms with Gasteiger partial charge in [-0.3, -0.25) is 0 Å². The summed E-state index contributed by atoms with van der Waals surface area (Å²) in [6.45, 7) is 6.97. The van der Waals surface area contributed by atoms with Gasteiger partial charge < -0.3 is 0 Å². The Kier molecular flexibility index (Phi) is 4.18. The highest BCUT2D eigenvalue weighted by Crippen LogP contribution is 2.17. The molecule has 0 aliphatic carbocycles. The van der Waals surface area contributed by atoms with Crippen LogP contribution in [0.15, 0.2) is 0 Å². The monoisotopic (exact) mass is 184 g/mol. The Morgan fingerprint density at radius 3 is 1.78 bits per heavy atom. The molecule has 0 atom stereocenters. The van der Waals surface area contributed by atoms with E-state index >= 15 is 0 Å². The summed E-state index contributed by atoms with van der Waals surface area (Å²) in [5, 5.41) is 0. The van der Waals surface area contributed by atoms with Gasteiger partial charge in [-0.15, -0.1) is 23.2 Å². The molecule has 0 aliphatic heterocycles. The quantitative estimate of drug-likeness (QED) is 0.466. The molecule has 0 radical (unpaired) electrons. The Morgan fingerprint density at radius 2 is 1.67 bits per heavy atom. The van der Waals surface area contributed by atoms with Gasteiger partial charge in [-0.2, -0.15) is 0 Å². The molecule has 0 aromatic rings. The molecule has 0 rings (SSSR count). The van der Waals surface area contributed by atoms with Gasteiger partial charge >= 0.3 is 0 Å². The molecule has 0 amide bonds. The van der Waals surface area contributed by atoms with Crippen LogP contribution in [0.1, 0.15) is 6.42 Å². The molecular weight excluding hydrogens is 171 g/mol. The van der Waals surface area contributed by atoms with Crippen LogP contribution in [-0.4, -0.2) is 12.9 Å². The van der Waals surface area contributed by atoms with Crippen molar-refractivity contribution in [2.45, 2.75) is 36.9 Å². The van der Waals surface area contributed by atoms with Crippen molar-refractivity contribution in [3.63, 3.8) is 0 Å². The van der Waals surface area contributed by atoms with Crippen molar-refractivity contribution in [3.8, 4) is 0 Å². The van der Waals surface area contributed by atoms with E-state index in [1.807, 2.05) is 0 Å². The van der Waals surface area contributed by atoms with Crippen molar-refractivity contribution in [1.82, 2.24) is 0 Å². The van der Waals surface area contributed by atoms with Crippen molar-refractivity contribution in [3.05, 3.63) is 0 Å². The first-order valence-electron chi connectivity index (χ1n) is 3.20. The van der Waals surface area contributed by atoms with Crippen LogP contribution in [0.25, 0.3) is 0 Å². The normalized spacial score (nSPS) is 12.7. The van der Waals surface area contributed by atoms with Crippen molar-refractivity contribution < 1.29 is 0 Å². The van der Waals surface area contributed by atoms with Crippen LogP contribution in [0.5, 0.6) is 0 Å². The van der Waals surface area contributed by atoms with Gasteiger partial charge in [0.15, 0.2) is 0 Å². The number of hydrogen-bond acceptors (Lipinski definition) is 0. The lowest BCUT2D eigenvalue weighted by molar-refractivity contribution is 1.00. The second kappa shape index (κ2) is 3.84. The second-order valence-corrected chi connectivity index (χ2v) is 10.4. The fourth-order valence-corrected chi connectivity index (χ4v) is 2.28. The topological polar surface area (TPSA) is 0 Å². The van der Waals surface area contributed by atoms with Gasteiger partial charge in [0.2, 0.25) is 0 Å². The molecule has 0 saturated carbocycles. The number of halogens is 2. The van der Waals surface area contributed by atoms with Gasteiger partial charge in [-0.05, 0) is 6.42 Å². The maximum atomic E-state index is 5.57. The van der Waals surface area contributed by atoms with Gasteiger partial charge in [-0.25, -0.2) is 0 Å². The standard InChI is InChI=1S/C6H14Cl2Si/c1-9(2,3)5-4-6(7)8/h6H,4-5H2,1-3H3. The van der Waals surface area contributed by atoms with Gasteiger partial charge in [0, 0.05) is 8.07 Å². The molecule has 9 heavy (non-hydrogen) atoms. The first kappa shape index (κ1) is 9.80. The predicted octanol–water partition coefficient (Wildman–Crippen LogP) is 3.52. The fourth-order valence-electron chi connectivity index (χ4n) is 0.542. The third-order valence-electron chi connectivity index (χ3n) is 1.11. The summed E-state index contributed by atoms with van der Waals surface area (Å²) in [7, 11) is -0.889. The van der Waals surface area contributed by atoms with Gasteiger partial charge in [0.1, 0.15) is 4.84 Å². The molecule has 0 nitrogen and oxygen atoms in total. The van der Waals surface area contributed by atoms with Crippen LogP contribution in [0.3, 0.4) is 0 Å². The molecule has 0 spiro atoms. The Hall–Kier alpha value is 0.797. The molecule has 0 N–H and O–H groups in total. The molecule has 0 unspecified atom stereocenters. The van der Waals surface area contributed by atoms with E-state index in [0.29, 0.717) is 0 Å². The van der Waals surface area contributed by atoms with Gasteiger partial charge in [0.05, 0.1) is 0 Å².